The second-order valence-electron chi connectivity index (χ2n) is 8.24. The highest BCUT2D eigenvalue weighted by Crippen LogP contribution is 2.35. The summed E-state index contributed by atoms with van der Waals surface area (Å²) in [6.45, 7) is 14.4. The Hall–Kier alpha value is -1.15. The molecule has 0 saturated carbocycles. The molecule has 0 spiro atoms. The summed E-state index contributed by atoms with van der Waals surface area (Å²) >= 11 is 4.16. The van der Waals surface area contributed by atoms with Crippen LogP contribution in [-0.2, 0) is 6.42 Å². The third-order valence-electron chi connectivity index (χ3n) is 5.74. The lowest BCUT2D eigenvalue weighted by Gasteiger charge is -2.16. The number of rotatable bonds is 12. The van der Waals surface area contributed by atoms with Crippen molar-refractivity contribution in [3.05, 3.63) is 54.1 Å². The second kappa shape index (κ2) is 15.7. The summed E-state index contributed by atoms with van der Waals surface area (Å²) < 4.78 is 9.50. The van der Waals surface area contributed by atoms with E-state index in [0.717, 1.165) is 31.7 Å². The SMILES string of the molecule is CCCCN(CC)CC.CCc1cc(-c2cc3ccccc3s2)ccc1OCCCN(C)I. The van der Waals surface area contributed by atoms with Crippen molar-refractivity contribution in [2.45, 2.75) is 53.4 Å². The van der Waals surface area contributed by atoms with E-state index in [1.54, 1.807) is 0 Å². The predicted octanol–water partition coefficient (Wildman–Crippen LogP) is 8.31. The molecular weight excluding hydrogens is 539 g/mol. The molecule has 3 nitrogen and oxygen atoms in total. The van der Waals surface area contributed by atoms with E-state index in [1.165, 1.54) is 58.6 Å². The predicted molar refractivity (Wildman–Crippen MR) is 156 cm³/mol. The molecule has 2 aromatic carbocycles. The van der Waals surface area contributed by atoms with Gasteiger partial charge in [0.15, 0.2) is 0 Å². The Balaban J connectivity index is 0.000000365. The van der Waals surface area contributed by atoms with Crippen LogP contribution in [0.15, 0.2) is 48.5 Å². The first-order valence-electron chi connectivity index (χ1n) is 12.4. The molecule has 0 aliphatic carbocycles. The molecule has 3 rings (SSSR count). The van der Waals surface area contributed by atoms with Crippen LogP contribution < -0.4 is 4.74 Å². The maximum Gasteiger partial charge on any atom is 0.122 e. The number of fused-ring (bicyclic) bond motifs is 1. The zero-order valence-corrected chi connectivity index (χ0v) is 24.0. The van der Waals surface area contributed by atoms with Crippen LogP contribution >= 0.6 is 34.2 Å². The quantitative estimate of drug-likeness (QED) is 0.122. The normalized spacial score (nSPS) is 11.2. The summed E-state index contributed by atoms with van der Waals surface area (Å²) in [5.74, 6) is 1.03. The molecule has 1 heterocycles. The van der Waals surface area contributed by atoms with Gasteiger partial charge in [0.1, 0.15) is 5.75 Å². The summed E-state index contributed by atoms with van der Waals surface area (Å²) in [7, 11) is 2.08. The van der Waals surface area contributed by atoms with Crippen LogP contribution in [-0.4, -0.2) is 47.8 Å². The van der Waals surface area contributed by atoms with Crippen LogP contribution in [0.3, 0.4) is 0 Å². The summed E-state index contributed by atoms with van der Waals surface area (Å²) in [6.07, 6.45) is 4.69. The molecule has 5 heteroatoms. The van der Waals surface area contributed by atoms with Gasteiger partial charge in [0.25, 0.3) is 0 Å². The fraction of sp³-hybridized carbons (Fsp3) is 0.500. The number of halogens is 1. The Kier molecular flexibility index (Phi) is 13.4. The molecule has 33 heavy (non-hydrogen) atoms. The first kappa shape index (κ1) is 28.1. The topological polar surface area (TPSA) is 15.7 Å². The maximum atomic E-state index is 6.00. The van der Waals surface area contributed by atoms with E-state index >= 15 is 0 Å². The minimum Gasteiger partial charge on any atom is -0.493 e. The number of unbranched alkanes of at least 4 members (excludes halogenated alkanes) is 1. The average molecular weight is 581 g/mol. The first-order valence-corrected chi connectivity index (χ1v) is 14.1. The molecule has 0 N–H and O–H groups in total. The maximum absolute atomic E-state index is 6.00. The van der Waals surface area contributed by atoms with Gasteiger partial charge in [0.05, 0.1) is 6.61 Å². The lowest BCUT2D eigenvalue weighted by atomic mass is 10.1. The van der Waals surface area contributed by atoms with Crippen molar-refractivity contribution < 1.29 is 4.74 Å². The smallest absolute Gasteiger partial charge is 0.122 e. The number of hydrogen-bond acceptors (Lipinski definition) is 4. The van der Waals surface area contributed by atoms with Crippen molar-refractivity contribution in [3.8, 4) is 16.2 Å². The Morgan fingerprint density at radius 1 is 0.909 bits per heavy atom. The molecule has 3 aromatic rings. The molecule has 0 unspecified atom stereocenters. The van der Waals surface area contributed by atoms with E-state index in [0.29, 0.717) is 0 Å². The van der Waals surface area contributed by atoms with Crippen molar-refractivity contribution in [3.63, 3.8) is 0 Å². The van der Waals surface area contributed by atoms with E-state index in [4.69, 9.17) is 4.74 Å². The summed E-state index contributed by atoms with van der Waals surface area (Å²) in [5, 5.41) is 1.32. The fourth-order valence-corrected chi connectivity index (χ4v) is 5.06. The van der Waals surface area contributed by atoms with Crippen molar-refractivity contribution >= 4 is 44.3 Å². The van der Waals surface area contributed by atoms with E-state index in [9.17, 15) is 0 Å². The Labute approximate surface area is 219 Å². The van der Waals surface area contributed by atoms with Gasteiger partial charge in [-0.15, -0.1) is 11.3 Å². The zero-order chi connectivity index (χ0) is 24.1. The summed E-state index contributed by atoms with van der Waals surface area (Å²) in [5.41, 5.74) is 2.57. The Morgan fingerprint density at radius 2 is 1.67 bits per heavy atom. The Morgan fingerprint density at radius 3 is 2.30 bits per heavy atom. The minimum absolute atomic E-state index is 0.766. The van der Waals surface area contributed by atoms with Crippen LogP contribution in [0.2, 0.25) is 0 Å². The van der Waals surface area contributed by atoms with Crippen LogP contribution in [0.1, 0.15) is 52.5 Å². The highest BCUT2D eigenvalue weighted by atomic mass is 127. The highest BCUT2D eigenvalue weighted by Gasteiger charge is 2.08. The van der Waals surface area contributed by atoms with Crippen molar-refractivity contribution in [1.29, 1.82) is 0 Å². The number of benzene rings is 2. The Bertz CT molecular complexity index is 904. The lowest BCUT2D eigenvalue weighted by Crippen LogP contribution is -2.23. The molecule has 0 aliphatic heterocycles. The molecule has 0 atom stereocenters. The van der Waals surface area contributed by atoms with Gasteiger partial charge in [0.2, 0.25) is 0 Å². The van der Waals surface area contributed by atoms with Crippen LogP contribution in [0, 0.1) is 0 Å². The second-order valence-corrected chi connectivity index (χ2v) is 11.0. The molecular formula is C28H41IN2OS. The van der Waals surface area contributed by atoms with Gasteiger partial charge >= 0.3 is 0 Å². The van der Waals surface area contributed by atoms with Gasteiger partial charge in [0, 0.05) is 39.0 Å². The van der Waals surface area contributed by atoms with E-state index in [-0.39, 0.29) is 0 Å². The average Bonchev–Trinajstić information content (AvgIpc) is 3.27. The monoisotopic (exact) mass is 580 g/mol. The lowest BCUT2D eigenvalue weighted by molar-refractivity contribution is 0.299. The molecule has 0 aliphatic rings. The fourth-order valence-electron chi connectivity index (χ4n) is 3.66. The van der Waals surface area contributed by atoms with Gasteiger partial charge in [-0.1, -0.05) is 52.3 Å². The molecule has 182 valence electrons. The molecule has 0 radical (unpaired) electrons. The van der Waals surface area contributed by atoms with Crippen molar-refractivity contribution in [2.75, 3.05) is 39.8 Å². The van der Waals surface area contributed by atoms with Crippen molar-refractivity contribution in [1.82, 2.24) is 8.01 Å². The molecule has 0 saturated heterocycles. The van der Waals surface area contributed by atoms with E-state index in [1.807, 2.05) is 11.3 Å². The highest BCUT2D eigenvalue weighted by molar-refractivity contribution is 14.1. The van der Waals surface area contributed by atoms with Crippen LogP contribution in [0.4, 0.5) is 0 Å². The number of thiophene rings is 1. The van der Waals surface area contributed by atoms with Crippen LogP contribution in [0.5, 0.6) is 5.75 Å². The van der Waals surface area contributed by atoms with Crippen LogP contribution in [0.25, 0.3) is 20.5 Å². The molecule has 0 bridgehead atoms. The molecule has 1 aromatic heterocycles. The number of hydrogen-bond donors (Lipinski definition) is 0. The number of aryl methyl sites for hydroxylation is 1. The van der Waals surface area contributed by atoms with Gasteiger partial charge in [-0.05, 0) is 92.8 Å². The first-order chi connectivity index (χ1) is 16.0. The standard InChI is InChI=1S/C20H22INOS.C8H19N/c1-3-15-13-17(9-10-18(15)23-12-6-11-22(2)21)20-14-16-7-4-5-8-19(16)24-20;1-4-7-8-9(5-2)6-3/h4-5,7-10,13-14H,3,6,11-12H2,1-2H3;4-8H2,1-3H3. The summed E-state index contributed by atoms with van der Waals surface area (Å²) in [6, 6.07) is 17.4. The number of ether oxygens (including phenoxy) is 1. The number of nitrogens with zero attached hydrogens (tertiary/aromatic N) is 2. The van der Waals surface area contributed by atoms with Gasteiger partial charge in [-0.2, -0.15) is 0 Å². The third-order valence-corrected chi connectivity index (χ3v) is 7.39. The van der Waals surface area contributed by atoms with Gasteiger partial charge in [-0.25, -0.2) is 0 Å². The molecule has 0 fully saturated rings. The largest absolute Gasteiger partial charge is 0.493 e. The third kappa shape index (κ3) is 9.55. The van der Waals surface area contributed by atoms with E-state index < -0.39 is 0 Å². The van der Waals surface area contributed by atoms with Crippen molar-refractivity contribution in [2.24, 2.45) is 0 Å². The zero-order valence-electron chi connectivity index (χ0n) is 21.1. The van der Waals surface area contributed by atoms with E-state index in [2.05, 4.69) is 114 Å². The summed E-state index contributed by atoms with van der Waals surface area (Å²) in [4.78, 5) is 3.78. The van der Waals surface area contributed by atoms with Gasteiger partial charge < -0.3 is 9.64 Å². The molecule has 0 amide bonds. The minimum atomic E-state index is 0.766. The van der Waals surface area contributed by atoms with Gasteiger partial charge in [-0.3, -0.25) is 3.11 Å².